The normalized spacial score (nSPS) is 20.4. The molecular formula is C10H14F3NO4. The zero-order valence-electron chi connectivity index (χ0n) is 9.71. The zero-order chi connectivity index (χ0) is 14.0. The molecule has 18 heavy (non-hydrogen) atoms. The van der Waals surface area contributed by atoms with E-state index in [1.165, 1.54) is 12.4 Å². The number of carboxylic acid groups (broad SMARTS) is 1. The molecule has 104 valence electrons. The first kappa shape index (κ1) is 14.7. The number of methoxy groups -OCH3 is 1. The summed E-state index contributed by atoms with van der Waals surface area (Å²) in [6.07, 6.45) is -3.20. The van der Waals surface area contributed by atoms with E-state index in [4.69, 9.17) is 9.84 Å². The Kier molecular flexibility index (Phi) is 4.20. The number of carboxylic acids is 1. The Bertz CT molecular complexity index is 337. The van der Waals surface area contributed by atoms with Gasteiger partial charge in [-0.25, -0.2) is 4.79 Å². The van der Waals surface area contributed by atoms with Crippen molar-refractivity contribution in [2.45, 2.75) is 43.5 Å². The molecule has 0 bridgehead atoms. The molecule has 0 heterocycles. The van der Waals surface area contributed by atoms with Crippen LogP contribution in [0.1, 0.15) is 25.7 Å². The Balaban J connectivity index is 2.90. The van der Waals surface area contributed by atoms with E-state index in [0.29, 0.717) is 25.7 Å². The van der Waals surface area contributed by atoms with Gasteiger partial charge in [0.15, 0.2) is 6.04 Å². The highest BCUT2D eigenvalue weighted by atomic mass is 19.4. The maximum absolute atomic E-state index is 12.1. The molecule has 1 saturated carbocycles. The number of halogens is 3. The Morgan fingerprint density at radius 2 is 1.83 bits per heavy atom. The molecule has 0 spiro atoms. The summed E-state index contributed by atoms with van der Waals surface area (Å²) in [4.78, 5) is 21.9. The lowest BCUT2D eigenvalue weighted by molar-refractivity contribution is -0.179. The minimum atomic E-state index is -5.11. The molecule has 1 unspecified atom stereocenters. The van der Waals surface area contributed by atoms with Gasteiger partial charge in [-0.05, 0) is 12.8 Å². The molecule has 1 fully saturated rings. The first-order valence-corrected chi connectivity index (χ1v) is 5.38. The maximum atomic E-state index is 12.1. The van der Waals surface area contributed by atoms with E-state index in [-0.39, 0.29) is 0 Å². The molecule has 8 heteroatoms. The van der Waals surface area contributed by atoms with Crippen molar-refractivity contribution in [3.05, 3.63) is 0 Å². The van der Waals surface area contributed by atoms with Crippen molar-refractivity contribution >= 4 is 11.9 Å². The van der Waals surface area contributed by atoms with Crippen LogP contribution < -0.4 is 5.32 Å². The van der Waals surface area contributed by atoms with Crippen molar-refractivity contribution in [1.82, 2.24) is 5.32 Å². The maximum Gasteiger partial charge on any atom is 0.471 e. The number of aliphatic carboxylic acids is 1. The topological polar surface area (TPSA) is 75.6 Å². The quantitative estimate of drug-likeness (QED) is 0.800. The lowest BCUT2D eigenvalue weighted by Crippen LogP contribution is -2.59. The van der Waals surface area contributed by atoms with Gasteiger partial charge in [-0.3, -0.25) is 4.79 Å². The number of carbonyl (C=O) groups is 2. The van der Waals surface area contributed by atoms with E-state index >= 15 is 0 Å². The zero-order valence-corrected chi connectivity index (χ0v) is 9.71. The second kappa shape index (κ2) is 5.13. The van der Waals surface area contributed by atoms with Gasteiger partial charge in [0, 0.05) is 7.11 Å². The van der Waals surface area contributed by atoms with Crippen molar-refractivity contribution in [1.29, 1.82) is 0 Å². The third-order valence-corrected chi connectivity index (χ3v) is 3.16. The van der Waals surface area contributed by atoms with Crippen LogP contribution in [0.15, 0.2) is 0 Å². The largest absolute Gasteiger partial charge is 0.480 e. The summed E-state index contributed by atoms with van der Waals surface area (Å²) in [6.45, 7) is 0. The van der Waals surface area contributed by atoms with Crippen LogP contribution in [-0.2, 0) is 14.3 Å². The third-order valence-electron chi connectivity index (χ3n) is 3.16. The van der Waals surface area contributed by atoms with Crippen LogP contribution in [-0.4, -0.2) is 41.9 Å². The number of hydrogen-bond acceptors (Lipinski definition) is 3. The molecule has 1 rings (SSSR count). The summed E-state index contributed by atoms with van der Waals surface area (Å²) in [5.41, 5.74) is -1.26. The van der Waals surface area contributed by atoms with Crippen LogP contribution in [0.5, 0.6) is 0 Å². The number of nitrogens with one attached hydrogen (secondary N) is 1. The lowest BCUT2D eigenvalue weighted by atomic mass is 9.91. The number of alkyl halides is 3. The van der Waals surface area contributed by atoms with E-state index in [0.717, 1.165) is 0 Å². The van der Waals surface area contributed by atoms with Gasteiger partial charge in [0.1, 0.15) is 0 Å². The summed E-state index contributed by atoms with van der Waals surface area (Å²) in [5.74, 6) is -3.80. The number of carbonyl (C=O) groups excluding carboxylic acids is 1. The van der Waals surface area contributed by atoms with Crippen LogP contribution in [0, 0.1) is 0 Å². The van der Waals surface area contributed by atoms with E-state index in [1.807, 2.05) is 0 Å². The van der Waals surface area contributed by atoms with Crippen LogP contribution in [0.3, 0.4) is 0 Å². The molecule has 5 nitrogen and oxygen atoms in total. The summed E-state index contributed by atoms with van der Waals surface area (Å²) in [6, 6.07) is -1.70. The van der Waals surface area contributed by atoms with Gasteiger partial charge in [0.05, 0.1) is 5.60 Å². The summed E-state index contributed by atoms with van der Waals surface area (Å²) in [5, 5.41) is 10.5. The Morgan fingerprint density at radius 3 is 2.17 bits per heavy atom. The van der Waals surface area contributed by atoms with E-state index in [2.05, 4.69) is 0 Å². The highest BCUT2D eigenvalue weighted by Gasteiger charge is 2.50. The predicted octanol–water partition coefficient (Wildman–Crippen LogP) is 1.08. The second-order valence-electron chi connectivity index (χ2n) is 4.22. The van der Waals surface area contributed by atoms with Crippen LogP contribution in [0.2, 0.25) is 0 Å². The molecule has 2 N–H and O–H groups in total. The first-order valence-electron chi connectivity index (χ1n) is 5.38. The van der Waals surface area contributed by atoms with Gasteiger partial charge < -0.3 is 15.2 Å². The smallest absolute Gasteiger partial charge is 0.471 e. The minimum Gasteiger partial charge on any atom is -0.480 e. The third kappa shape index (κ3) is 2.92. The van der Waals surface area contributed by atoms with Crippen molar-refractivity contribution in [2.24, 2.45) is 0 Å². The molecule has 1 aliphatic carbocycles. The average molecular weight is 269 g/mol. The van der Waals surface area contributed by atoms with Gasteiger partial charge in [0.2, 0.25) is 0 Å². The highest BCUT2D eigenvalue weighted by molar-refractivity contribution is 5.87. The van der Waals surface area contributed by atoms with Crippen LogP contribution >= 0.6 is 0 Å². The average Bonchev–Trinajstić information content (AvgIpc) is 2.73. The summed E-state index contributed by atoms with van der Waals surface area (Å²) >= 11 is 0. The number of rotatable bonds is 4. The fourth-order valence-electron chi connectivity index (χ4n) is 2.22. The van der Waals surface area contributed by atoms with Gasteiger partial charge >= 0.3 is 18.1 Å². The first-order chi connectivity index (χ1) is 8.23. The van der Waals surface area contributed by atoms with Crippen molar-refractivity contribution in [3.63, 3.8) is 0 Å². The van der Waals surface area contributed by atoms with Crippen molar-refractivity contribution < 1.29 is 32.6 Å². The van der Waals surface area contributed by atoms with Gasteiger partial charge in [0.25, 0.3) is 0 Å². The lowest BCUT2D eigenvalue weighted by Gasteiger charge is -2.34. The van der Waals surface area contributed by atoms with Gasteiger partial charge in [-0.1, -0.05) is 12.8 Å². The van der Waals surface area contributed by atoms with Gasteiger partial charge in [-0.15, -0.1) is 0 Å². The number of amides is 1. The van der Waals surface area contributed by atoms with E-state index in [9.17, 15) is 22.8 Å². The van der Waals surface area contributed by atoms with Crippen LogP contribution in [0.4, 0.5) is 13.2 Å². The van der Waals surface area contributed by atoms with E-state index < -0.39 is 29.7 Å². The van der Waals surface area contributed by atoms with E-state index in [1.54, 1.807) is 0 Å². The Labute approximate surface area is 101 Å². The monoisotopic (exact) mass is 269 g/mol. The molecule has 0 aliphatic heterocycles. The molecule has 0 aromatic rings. The van der Waals surface area contributed by atoms with Gasteiger partial charge in [-0.2, -0.15) is 13.2 Å². The molecule has 1 atom stereocenters. The molecule has 0 radical (unpaired) electrons. The summed E-state index contributed by atoms with van der Waals surface area (Å²) in [7, 11) is 1.24. The summed E-state index contributed by atoms with van der Waals surface area (Å²) < 4.78 is 41.5. The minimum absolute atomic E-state index is 0.304. The molecule has 0 aromatic heterocycles. The van der Waals surface area contributed by atoms with Crippen molar-refractivity contribution in [2.75, 3.05) is 7.11 Å². The highest BCUT2D eigenvalue weighted by Crippen LogP contribution is 2.36. The fraction of sp³-hybridized carbons (Fsp3) is 0.800. The SMILES string of the molecule is COC1(C(NC(=O)C(F)(F)F)C(=O)O)CCCC1. The molecular weight excluding hydrogens is 255 g/mol. The number of ether oxygens (including phenoxy) is 1. The molecule has 1 amide bonds. The van der Waals surface area contributed by atoms with Crippen LogP contribution in [0.25, 0.3) is 0 Å². The standard InChI is InChI=1S/C10H14F3NO4/c1-18-9(4-2-3-5-9)6(7(15)16)14-8(17)10(11,12)13/h6H,2-5H2,1H3,(H,14,17)(H,15,16). The molecule has 0 saturated heterocycles. The molecule has 0 aromatic carbocycles. The molecule has 1 aliphatic rings. The predicted molar refractivity (Wildman–Crippen MR) is 53.8 cm³/mol. The second-order valence-corrected chi connectivity index (χ2v) is 4.22. The fourth-order valence-corrected chi connectivity index (χ4v) is 2.22. The Morgan fingerprint density at radius 1 is 1.33 bits per heavy atom. The van der Waals surface area contributed by atoms with Crippen molar-refractivity contribution in [3.8, 4) is 0 Å². The number of hydrogen-bond donors (Lipinski definition) is 2. The Hall–Kier alpha value is -1.31.